The van der Waals surface area contributed by atoms with Crippen molar-refractivity contribution in [2.45, 2.75) is 40.9 Å². The summed E-state index contributed by atoms with van der Waals surface area (Å²) in [6.07, 6.45) is 0. The second-order valence-corrected chi connectivity index (χ2v) is 8.37. The molecular weight excluding hydrogens is 392 g/mol. The Hall–Kier alpha value is -3.32. The van der Waals surface area contributed by atoms with Crippen molar-refractivity contribution in [3.05, 3.63) is 74.7 Å². The Morgan fingerprint density at radius 3 is 2.58 bits per heavy atom. The highest BCUT2D eigenvalue weighted by Gasteiger charge is 2.28. The lowest BCUT2D eigenvalue weighted by Crippen LogP contribution is -2.47. The quantitative estimate of drug-likeness (QED) is 0.645. The maximum Gasteiger partial charge on any atom is 0.259 e. The molecule has 0 N–H and O–H groups in total. The van der Waals surface area contributed by atoms with Crippen molar-refractivity contribution in [3.8, 4) is 11.5 Å². The second-order valence-electron chi connectivity index (χ2n) is 8.37. The van der Waals surface area contributed by atoms with Gasteiger partial charge in [-0.1, -0.05) is 23.8 Å². The van der Waals surface area contributed by atoms with Gasteiger partial charge in [-0.05, 0) is 57.0 Å². The number of anilines is 2. The molecule has 0 spiro atoms. The number of rotatable bonds is 3. The fraction of sp³-hybridized carbons (Fsp3) is 0.333. The van der Waals surface area contributed by atoms with Gasteiger partial charge in [0.1, 0.15) is 0 Å². The summed E-state index contributed by atoms with van der Waals surface area (Å²) in [6.45, 7) is 9.98. The SMILES string of the molecule is Cc1ccc(N2CN(Cc3ccc4c(c3)OCO4)Cn3c2nc(C)c(C)c3=O)c(C)c1. The first kappa shape index (κ1) is 19.6. The highest BCUT2D eigenvalue weighted by atomic mass is 16.7. The van der Waals surface area contributed by atoms with E-state index in [1.165, 1.54) is 5.56 Å². The zero-order valence-electron chi connectivity index (χ0n) is 18.3. The Bertz CT molecular complexity index is 1230. The van der Waals surface area contributed by atoms with E-state index in [1.54, 1.807) is 4.57 Å². The third kappa shape index (κ3) is 3.45. The van der Waals surface area contributed by atoms with E-state index in [2.05, 4.69) is 41.8 Å². The van der Waals surface area contributed by atoms with Crippen molar-refractivity contribution in [3.63, 3.8) is 0 Å². The minimum atomic E-state index is 0.00708. The molecule has 5 rings (SSSR count). The van der Waals surface area contributed by atoms with Crippen LogP contribution in [-0.2, 0) is 13.2 Å². The summed E-state index contributed by atoms with van der Waals surface area (Å²) < 4.78 is 12.7. The summed E-state index contributed by atoms with van der Waals surface area (Å²) in [7, 11) is 0. The van der Waals surface area contributed by atoms with E-state index < -0.39 is 0 Å². The number of hydrogen-bond acceptors (Lipinski definition) is 6. The highest BCUT2D eigenvalue weighted by Crippen LogP contribution is 2.34. The van der Waals surface area contributed by atoms with E-state index in [-0.39, 0.29) is 12.4 Å². The fourth-order valence-corrected chi connectivity index (χ4v) is 4.27. The lowest BCUT2D eigenvalue weighted by Gasteiger charge is -2.39. The molecule has 3 aromatic rings. The first-order valence-corrected chi connectivity index (χ1v) is 10.4. The van der Waals surface area contributed by atoms with Crippen LogP contribution in [0.3, 0.4) is 0 Å². The van der Waals surface area contributed by atoms with E-state index in [0.717, 1.165) is 34.0 Å². The van der Waals surface area contributed by atoms with Crippen LogP contribution in [-0.4, -0.2) is 27.9 Å². The summed E-state index contributed by atoms with van der Waals surface area (Å²) in [5, 5.41) is 0. The van der Waals surface area contributed by atoms with Gasteiger partial charge in [-0.25, -0.2) is 4.98 Å². The topological polar surface area (TPSA) is 59.8 Å². The molecular formula is C24H26N4O3. The Labute approximate surface area is 181 Å². The number of aromatic nitrogens is 2. The number of fused-ring (bicyclic) bond motifs is 2. The van der Waals surface area contributed by atoms with Crippen molar-refractivity contribution in [1.29, 1.82) is 0 Å². The minimum absolute atomic E-state index is 0.00708. The summed E-state index contributed by atoms with van der Waals surface area (Å²) in [4.78, 5) is 22.3. The predicted octanol–water partition coefficient (Wildman–Crippen LogP) is 3.77. The predicted molar refractivity (Wildman–Crippen MR) is 119 cm³/mol. The van der Waals surface area contributed by atoms with Gasteiger partial charge in [-0.3, -0.25) is 19.2 Å². The number of aryl methyl sites for hydroxylation is 3. The number of benzene rings is 2. The van der Waals surface area contributed by atoms with Gasteiger partial charge in [0.25, 0.3) is 5.56 Å². The third-order valence-corrected chi connectivity index (χ3v) is 6.03. The molecule has 0 bridgehead atoms. The van der Waals surface area contributed by atoms with Gasteiger partial charge in [0.2, 0.25) is 12.7 Å². The monoisotopic (exact) mass is 418 g/mol. The summed E-state index contributed by atoms with van der Waals surface area (Å²) in [5.74, 6) is 2.24. The maximum atomic E-state index is 13.1. The van der Waals surface area contributed by atoms with Gasteiger partial charge < -0.3 is 9.47 Å². The third-order valence-electron chi connectivity index (χ3n) is 6.03. The summed E-state index contributed by atoms with van der Waals surface area (Å²) >= 11 is 0. The van der Waals surface area contributed by atoms with Gasteiger partial charge in [0.05, 0.1) is 13.3 Å². The average molecular weight is 418 g/mol. The fourth-order valence-electron chi connectivity index (χ4n) is 4.27. The molecule has 0 atom stereocenters. The molecule has 0 unspecified atom stereocenters. The molecule has 160 valence electrons. The molecule has 7 heteroatoms. The van der Waals surface area contributed by atoms with Crippen LogP contribution in [0.5, 0.6) is 11.5 Å². The Balaban J connectivity index is 1.55. The Kier molecular flexibility index (Phi) is 4.70. The van der Waals surface area contributed by atoms with Crippen LogP contribution in [0.25, 0.3) is 0 Å². The lowest BCUT2D eigenvalue weighted by atomic mass is 10.1. The van der Waals surface area contributed by atoms with Gasteiger partial charge in [-0.2, -0.15) is 0 Å². The molecule has 2 aliphatic rings. The average Bonchev–Trinajstić information content (AvgIpc) is 3.20. The van der Waals surface area contributed by atoms with E-state index in [9.17, 15) is 4.79 Å². The molecule has 0 fully saturated rings. The summed E-state index contributed by atoms with van der Waals surface area (Å²) in [6, 6.07) is 12.4. The normalized spacial score (nSPS) is 15.3. The zero-order chi connectivity index (χ0) is 21.7. The van der Waals surface area contributed by atoms with Crippen LogP contribution in [0, 0.1) is 27.7 Å². The van der Waals surface area contributed by atoms with Crippen LogP contribution in [0.1, 0.15) is 27.9 Å². The molecule has 2 aromatic carbocycles. The number of nitrogens with zero attached hydrogens (tertiary/aromatic N) is 4. The molecule has 0 aliphatic carbocycles. The summed E-state index contributed by atoms with van der Waals surface area (Å²) in [5.41, 5.74) is 6.00. The smallest absolute Gasteiger partial charge is 0.259 e. The molecule has 0 radical (unpaired) electrons. The molecule has 31 heavy (non-hydrogen) atoms. The van der Waals surface area contributed by atoms with Crippen LogP contribution in [0.2, 0.25) is 0 Å². The largest absolute Gasteiger partial charge is 0.454 e. The van der Waals surface area contributed by atoms with Crippen molar-refractivity contribution < 1.29 is 9.47 Å². The zero-order valence-corrected chi connectivity index (χ0v) is 18.3. The molecule has 1 aromatic heterocycles. The molecule has 0 saturated carbocycles. The second kappa shape index (κ2) is 7.42. The molecule has 3 heterocycles. The van der Waals surface area contributed by atoms with Gasteiger partial charge in [0.15, 0.2) is 11.5 Å². The van der Waals surface area contributed by atoms with Crippen molar-refractivity contribution in [2.24, 2.45) is 0 Å². The first-order chi connectivity index (χ1) is 14.9. The van der Waals surface area contributed by atoms with Crippen molar-refractivity contribution >= 4 is 11.6 Å². The van der Waals surface area contributed by atoms with Crippen LogP contribution < -0.4 is 19.9 Å². The van der Waals surface area contributed by atoms with E-state index in [1.807, 2.05) is 32.0 Å². The highest BCUT2D eigenvalue weighted by molar-refractivity contribution is 5.63. The lowest BCUT2D eigenvalue weighted by molar-refractivity contribution is 0.173. The van der Waals surface area contributed by atoms with Gasteiger partial charge in [-0.15, -0.1) is 0 Å². The van der Waals surface area contributed by atoms with Crippen molar-refractivity contribution in [1.82, 2.24) is 14.5 Å². The molecule has 0 saturated heterocycles. The number of ether oxygens (including phenoxy) is 2. The first-order valence-electron chi connectivity index (χ1n) is 10.4. The molecule has 7 nitrogen and oxygen atoms in total. The van der Waals surface area contributed by atoms with E-state index in [4.69, 9.17) is 14.5 Å². The van der Waals surface area contributed by atoms with Crippen LogP contribution >= 0.6 is 0 Å². The standard InChI is InChI=1S/C24H26N4O3/c1-15-5-7-20(16(2)9-15)27-12-26(11-19-6-8-21-22(10-19)31-14-30-21)13-28-23(29)17(3)18(4)25-24(27)28/h5-10H,11-14H2,1-4H3. The Morgan fingerprint density at radius 1 is 0.968 bits per heavy atom. The van der Waals surface area contributed by atoms with Crippen LogP contribution in [0.4, 0.5) is 11.6 Å². The minimum Gasteiger partial charge on any atom is -0.454 e. The van der Waals surface area contributed by atoms with Crippen molar-refractivity contribution in [2.75, 3.05) is 18.4 Å². The molecule has 0 amide bonds. The van der Waals surface area contributed by atoms with E-state index in [0.29, 0.717) is 31.4 Å². The van der Waals surface area contributed by atoms with Gasteiger partial charge >= 0.3 is 0 Å². The Morgan fingerprint density at radius 2 is 1.77 bits per heavy atom. The van der Waals surface area contributed by atoms with Gasteiger partial charge in [0, 0.05) is 23.5 Å². The number of hydrogen-bond donors (Lipinski definition) is 0. The van der Waals surface area contributed by atoms with Crippen LogP contribution in [0.15, 0.2) is 41.2 Å². The maximum absolute atomic E-state index is 13.1. The molecule has 2 aliphatic heterocycles. The van der Waals surface area contributed by atoms with E-state index >= 15 is 0 Å².